The van der Waals surface area contributed by atoms with Gasteiger partial charge in [-0.1, -0.05) is 28.7 Å². The van der Waals surface area contributed by atoms with E-state index in [9.17, 15) is 4.79 Å². The molecule has 1 aromatic carbocycles. The third kappa shape index (κ3) is 1.88. The highest BCUT2D eigenvalue weighted by atomic mass is 127. The average Bonchev–Trinajstić information content (AvgIpc) is 2.05. The number of aromatic hydroxyl groups is 1. The Kier molecular flexibility index (Phi) is 2.91. The van der Waals surface area contributed by atoms with Gasteiger partial charge in [0.05, 0.1) is 0 Å². The van der Waals surface area contributed by atoms with Gasteiger partial charge < -0.3 is 10.2 Å². The van der Waals surface area contributed by atoms with Crippen LogP contribution in [0, 0.1) is 0 Å². The van der Waals surface area contributed by atoms with Gasteiger partial charge in [-0.15, -0.1) is 0 Å². The minimum atomic E-state index is -1.10. The zero-order chi connectivity index (χ0) is 9.14. The van der Waals surface area contributed by atoms with Crippen molar-refractivity contribution in [1.82, 2.24) is 0 Å². The van der Waals surface area contributed by atoms with Crippen molar-refractivity contribution in [2.24, 2.45) is 0 Å². The number of carbonyl (C=O) groups is 1. The standard InChI is InChI=1S/C8H7IO3/c9-4-5-1-2-7(10)6(3-5)8(11)12/h1-3,10H,4H2,(H,11,12). The largest absolute Gasteiger partial charge is 0.507 e. The van der Waals surface area contributed by atoms with Gasteiger partial charge in [-0.3, -0.25) is 0 Å². The summed E-state index contributed by atoms with van der Waals surface area (Å²) in [7, 11) is 0. The molecule has 0 bridgehead atoms. The molecular formula is C8H7IO3. The van der Waals surface area contributed by atoms with Crippen molar-refractivity contribution >= 4 is 28.6 Å². The molecule has 0 spiro atoms. The molecule has 0 aliphatic carbocycles. The van der Waals surface area contributed by atoms with Crippen LogP contribution in [0.4, 0.5) is 0 Å². The van der Waals surface area contributed by atoms with Crippen molar-refractivity contribution in [3.63, 3.8) is 0 Å². The summed E-state index contributed by atoms with van der Waals surface area (Å²) in [5.74, 6) is -1.28. The van der Waals surface area contributed by atoms with Crippen molar-refractivity contribution < 1.29 is 15.0 Å². The van der Waals surface area contributed by atoms with Crippen molar-refractivity contribution in [1.29, 1.82) is 0 Å². The van der Waals surface area contributed by atoms with Crippen LogP contribution in [0.3, 0.4) is 0 Å². The van der Waals surface area contributed by atoms with Gasteiger partial charge >= 0.3 is 5.97 Å². The Balaban J connectivity index is 3.17. The maximum atomic E-state index is 10.5. The van der Waals surface area contributed by atoms with Crippen LogP contribution in [-0.4, -0.2) is 16.2 Å². The van der Waals surface area contributed by atoms with Crippen LogP contribution in [-0.2, 0) is 4.43 Å². The van der Waals surface area contributed by atoms with Gasteiger partial charge in [-0.05, 0) is 17.7 Å². The summed E-state index contributed by atoms with van der Waals surface area (Å²) in [5, 5.41) is 17.7. The number of benzene rings is 1. The van der Waals surface area contributed by atoms with Gasteiger partial charge in [-0.25, -0.2) is 4.79 Å². The molecule has 0 radical (unpaired) electrons. The number of hydrogen-bond acceptors (Lipinski definition) is 2. The van der Waals surface area contributed by atoms with E-state index in [1.54, 1.807) is 6.07 Å². The molecule has 3 nitrogen and oxygen atoms in total. The SMILES string of the molecule is O=C(O)c1cc(CI)ccc1O. The number of rotatable bonds is 2. The van der Waals surface area contributed by atoms with E-state index >= 15 is 0 Å². The fraction of sp³-hybridized carbons (Fsp3) is 0.125. The summed E-state index contributed by atoms with van der Waals surface area (Å²) < 4.78 is 0.734. The topological polar surface area (TPSA) is 57.5 Å². The number of carboxylic acid groups (broad SMARTS) is 1. The van der Waals surface area contributed by atoms with Gasteiger partial charge in [0.2, 0.25) is 0 Å². The van der Waals surface area contributed by atoms with E-state index in [0.717, 1.165) is 9.99 Å². The van der Waals surface area contributed by atoms with Crippen molar-refractivity contribution in [3.8, 4) is 5.75 Å². The van der Waals surface area contributed by atoms with Crippen LogP contribution >= 0.6 is 22.6 Å². The minimum Gasteiger partial charge on any atom is -0.507 e. The molecule has 1 aromatic rings. The first-order valence-electron chi connectivity index (χ1n) is 3.26. The first kappa shape index (κ1) is 9.31. The molecule has 4 heteroatoms. The van der Waals surface area contributed by atoms with Crippen LogP contribution in [0.2, 0.25) is 0 Å². The summed E-state index contributed by atoms with van der Waals surface area (Å²) in [6, 6.07) is 4.58. The lowest BCUT2D eigenvalue weighted by atomic mass is 10.1. The number of aromatic carboxylic acids is 1. The lowest BCUT2D eigenvalue weighted by Crippen LogP contribution is -1.97. The van der Waals surface area contributed by atoms with E-state index in [1.165, 1.54) is 12.1 Å². The molecule has 0 heterocycles. The lowest BCUT2D eigenvalue weighted by molar-refractivity contribution is 0.0693. The highest BCUT2D eigenvalue weighted by Gasteiger charge is 2.08. The molecule has 0 aromatic heterocycles. The molecule has 64 valence electrons. The average molecular weight is 278 g/mol. The van der Waals surface area contributed by atoms with Gasteiger partial charge in [0.1, 0.15) is 11.3 Å². The highest BCUT2D eigenvalue weighted by molar-refractivity contribution is 14.1. The number of alkyl halides is 1. The molecular weight excluding hydrogens is 271 g/mol. The Morgan fingerprint density at radius 2 is 2.17 bits per heavy atom. The lowest BCUT2D eigenvalue weighted by Gasteiger charge is -2.00. The molecule has 0 unspecified atom stereocenters. The number of carboxylic acids is 1. The monoisotopic (exact) mass is 278 g/mol. The first-order chi connectivity index (χ1) is 5.65. The molecule has 0 aliphatic rings. The predicted octanol–water partition coefficient (Wildman–Crippen LogP) is 2.03. The Morgan fingerprint density at radius 1 is 1.50 bits per heavy atom. The van der Waals surface area contributed by atoms with Crippen LogP contribution in [0.15, 0.2) is 18.2 Å². The van der Waals surface area contributed by atoms with Crippen molar-refractivity contribution in [2.75, 3.05) is 0 Å². The Labute approximate surface area is 83.2 Å². The van der Waals surface area contributed by atoms with E-state index in [4.69, 9.17) is 10.2 Å². The van der Waals surface area contributed by atoms with Gasteiger partial charge in [0.15, 0.2) is 0 Å². The molecule has 0 fully saturated rings. The number of halogens is 1. The summed E-state index contributed by atoms with van der Waals surface area (Å²) >= 11 is 2.13. The van der Waals surface area contributed by atoms with Crippen LogP contribution in [0.5, 0.6) is 5.75 Å². The van der Waals surface area contributed by atoms with E-state index in [0.29, 0.717) is 0 Å². The molecule has 2 N–H and O–H groups in total. The predicted molar refractivity (Wildman–Crippen MR) is 52.8 cm³/mol. The fourth-order valence-electron chi connectivity index (χ4n) is 0.838. The minimum absolute atomic E-state index is 0.0378. The summed E-state index contributed by atoms with van der Waals surface area (Å²) in [6.45, 7) is 0. The van der Waals surface area contributed by atoms with Gasteiger partial charge in [0, 0.05) is 4.43 Å². The fourth-order valence-corrected chi connectivity index (χ4v) is 1.31. The molecule has 0 amide bonds. The smallest absolute Gasteiger partial charge is 0.339 e. The van der Waals surface area contributed by atoms with E-state index < -0.39 is 5.97 Å². The third-order valence-electron chi connectivity index (χ3n) is 1.45. The molecule has 0 aliphatic heterocycles. The summed E-state index contributed by atoms with van der Waals surface area (Å²) in [5.41, 5.74) is 0.856. The van der Waals surface area contributed by atoms with Gasteiger partial charge in [0.25, 0.3) is 0 Å². The first-order valence-corrected chi connectivity index (χ1v) is 4.79. The highest BCUT2D eigenvalue weighted by Crippen LogP contribution is 2.19. The Bertz CT molecular complexity index is 309. The van der Waals surface area contributed by atoms with Crippen LogP contribution in [0.1, 0.15) is 15.9 Å². The quantitative estimate of drug-likeness (QED) is 0.642. The second-order valence-corrected chi connectivity index (χ2v) is 3.05. The van der Waals surface area contributed by atoms with Crippen LogP contribution < -0.4 is 0 Å². The third-order valence-corrected chi connectivity index (χ3v) is 2.33. The maximum Gasteiger partial charge on any atom is 0.339 e. The molecule has 12 heavy (non-hydrogen) atoms. The Hall–Kier alpha value is -0.780. The zero-order valence-corrected chi connectivity index (χ0v) is 8.28. The molecule has 0 saturated heterocycles. The zero-order valence-electron chi connectivity index (χ0n) is 6.12. The normalized spacial score (nSPS) is 9.75. The summed E-state index contributed by atoms with van der Waals surface area (Å²) in [4.78, 5) is 10.5. The molecule has 1 rings (SSSR count). The molecule has 0 atom stereocenters. The maximum absolute atomic E-state index is 10.5. The van der Waals surface area contributed by atoms with Crippen molar-refractivity contribution in [2.45, 2.75) is 4.43 Å². The van der Waals surface area contributed by atoms with Gasteiger partial charge in [-0.2, -0.15) is 0 Å². The summed E-state index contributed by atoms with van der Waals surface area (Å²) in [6.07, 6.45) is 0. The number of hydrogen-bond donors (Lipinski definition) is 2. The molecule has 0 saturated carbocycles. The van der Waals surface area contributed by atoms with Crippen LogP contribution in [0.25, 0.3) is 0 Å². The Morgan fingerprint density at radius 3 is 2.67 bits per heavy atom. The number of phenols is 1. The van der Waals surface area contributed by atoms with E-state index in [2.05, 4.69) is 22.6 Å². The van der Waals surface area contributed by atoms with E-state index in [-0.39, 0.29) is 11.3 Å². The van der Waals surface area contributed by atoms with Crippen molar-refractivity contribution in [3.05, 3.63) is 29.3 Å². The second-order valence-electron chi connectivity index (χ2n) is 2.29. The second kappa shape index (κ2) is 3.75. The van der Waals surface area contributed by atoms with E-state index in [1.807, 2.05) is 0 Å².